The summed E-state index contributed by atoms with van der Waals surface area (Å²) in [4.78, 5) is 12.5. The van der Waals surface area contributed by atoms with E-state index in [9.17, 15) is 18.0 Å². The SMILES string of the molecule is CCCc1ccc(C(=O)OC2CCC(c3ccc(-c4ccc(CC)cc4)c(F)c3F)CC2)c(F)c1F. The zero-order valence-corrected chi connectivity index (χ0v) is 20.6. The molecule has 0 spiro atoms. The van der Waals surface area contributed by atoms with Crippen LogP contribution in [0.5, 0.6) is 0 Å². The van der Waals surface area contributed by atoms with Crippen molar-refractivity contribution in [3.05, 3.63) is 94.1 Å². The van der Waals surface area contributed by atoms with Gasteiger partial charge in [-0.25, -0.2) is 22.4 Å². The molecule has 0 aliphatic heterocycles. The molecule has 36 heavy (non-hydrogen) atoms. The first-order valence-corrected chi connectivity index (χ1v) is 12.6. The van der Waals surface area contributed by atoms with E-state index in [1.807, 2.05) is 26.0 Å². The Bertz CT molecular complexity index is 1230. The summed E-state index contributed by atoms with van der Waals surface area (Å²) in [5.41, 5.74) is 2.08. The van der Waals surface area contributed by atoms with Crippen molar-refractivity contribution >= 4 is 5.97 Å². The monoisotopic (exact) mass is 498 g/mol. The molecule has 0 N–H and O–H groups in total. The van der Waals surface area contributed by atoms with Gasteiger partial charge in [0.05, 0.1) is 5.56 Å². The highest BCUT2D eigenvalue weighted by Gasteiger charge is 2.29. The zero-order chi connectivity index (χ0) is 25.8. The maximum Gasteiger partial charge on any atom is 0.341 e. The third-order valence-corrected chi connectivity index (χ3v) is 7.07. The molecule has 0 amide bonds. The number of halogens is 4. The fourth-order valence-corrected chi connectivity index (χ4v) is 4.94. The largest absolute Gasteiger partial charge is 0.459 e. The second kappa shape index (κ2) is 11.3. The standard InChI is InChI=1S/C30H30F4O2/c1-3-5-21-12-15-25(29(34)26(21)31)30(35)36-22-13-10-20(11-14-22)24-17-16-23(27(32)28(24)33)19-8-6-18(4-2)7-9-19/h6-9,12,15-17,20,22H,3-5,10-11,13-14H2,1-2H3. The van der Waals surface area contributed by atoms with Crippen molar-refractivity contribution in [1.82, 2.24) is 0 Å². The van der Waals surface area contributed by atoms with Crippen LogP contribution in [0.25, 0.3) is 11.1 Å². The van der Waals surface area contributed by atoms with E-state index in [1.54, 1.807) is 24.3 Å². The number of benzene rings is 3. The number of rotatable bonds is 7. The van der Waals surface area contributed by atoms with Crippen LogP contribution in [-0.4, -0.2) is 12.1 Å². The number of hydrogen-bond donors (Lipinski definition) is 0. The van der Waals surface area contributed by atoms with Gasteiger partial charge < -0.3 is 4.74 Å². The maximum atomic E-state index is 15.0. The maximum absolute atomic E-state index is 15.0. The highest BCUT2D eigenvalue weighted by atomic mass is 19.2. The predicted molar refractivity (Wildman–Crippen MR) is 132 cm³/mol. The van der Waals surface area contributed by atoms with Gasteiger partial charge in [-0.05, 0) is 72.8 Å². The van der Waals surface area contributed by atoms with Crippen molar-refractivity contribution < 1.29 is 27.1 Å². The molecule has 0 heterocycles. The lowest BCUT2D eigenvalue weighted by atomic mass is 9.82. The Morgan fingerprint density at radius 1 is 0.806 bits per heavy atom. The summed E-state index contributed by atoms with van der Waals surface area (Å²) >= 11 is 0. The van der Waals surface area contributed by atoms with Crippen molar-refractivity contribution in [1.29, 1.82) is 0 Å². The molecule has 0 unspecified atom stereocenters. The third-order valence-electron chi connectivity index (χ3n) is 7.07. The lowest BCUT2D eigenvalue weighted by Gasteiger charge is -2.29. The molecule has 0 saturated heterocycles. The lowest BCUT2D eigenvalue weighted by molar-refractivity contribution is 0.0188. The van der Waals surface area contributed by atoms with E-state index in [0.29, 0.717) is 49.7 Å². The normalized spacial score (nSPS) is 17.7. The minimum Gasteiger partial charge on any atom is -0.459 e. The van der Waals surface area contributed by atoms with Crippen LogP contribution in [0.1, 0.15) is 78.9 Å². The fourth-order valence-electron chi connectivity index (χ4n) is 4.94. The average Bonchev–Trinajstić information content (AvgIpc) is 2.89. The molecule has 190 valence electrons. The average molecular weight is 499 g/mol. The molecule has 1 aliphatic carbocycles. The molecule has 2 nitrogen and oxygen atoms in total. The molecule has 0 radical (unpaired) electrons. The van der Waals surface area contributed by atoms with E-state index in [-0.39, 0.29) is 17.0 Å². The van der Waals surface area contributed by atoms with Gasteiger partial charge in [0.25, 0.3) is 0 Å². The van der Waals surface area contributed by atoms with Gasteiger partial charge in [-0.2, -0.15) is 0 Å². The van der Waals surface area contributed by atoms with E-state index in [4.69, 9.17) is 4.74 Å². The van der Waals surface area contributed by atoms with Crippen LogP contribution in [0.2, 0.25) is 0 Å². The van der Waals surface area contributed by atoms with Crippen LogP contribution >= 0.6 is 0 Å². The van der Waals surface area contributed by atoms with Gasteiger partial charge in [0, 0.05) is 5.56 Å². The van der Waals surface area contributed by atoms with E-state index in [1.165, 1.54) is 12.1 Å². The highest BCUT2D eigenvalue weighted by Crippen LogP contribution is 2.38. The van der Waals surface area contributed by atoms with Crippen molar-refractivity contribution in [2.45, 2.75) is 70.8 Å². The first-order chi connectivity index (χ1) is 17.3. The van der Waals surface area contributed by atoms with Gasteiger partial charge in [-0.15, -0.1) is 0 Å². The number of hydrogen-bond acceptors (Lipinski definition) is 2. The minimum atomic E-state index is -1.19. The Kier molecular flexibility index (Phi) is 8.12. The summed E-state index contributed by atoms with van der Waals surface area (Å²) in [7, 11) is 0. The van der Waals surface area contributed by atoms with Crippen LogP contribution in [0.15, 0.2) is 48.5 Å². The van der Waals surface area contributed by atoms with Gasteiger partial charge in [0.2, 0.25) is 0 Å². The Labute approximate surface area is 209 Å². The van der Waals surface area contributed by atoms with Crippen molar-refractivity contribution in [3.8, 4) is 11.1 Å². The molecular formula is C30H30F4O2. The molecule has 3 aromatic carbocycles. The molecule has 1 saturated carbocycles. The second-order valence-corrected chi connectivity index (χ2v) is 9.41. The van der Waals surface area contributed by atoms with Crippen LogP contribution in [-0.2, 0) is 17.6 Å². The molecule has 1 aliphatic rings. The lowest BCUT2D eigenvalue weighted by Crippen LogP contribution is -2.25. The number of aryl methyl sites for hydroxylation is 2. The molecule has 1 fully saturated rings. The summed E-state index contributed by atoms with van der Waals surface area (Å²) in [6.45, 7) is 3.89. The molecule has 0 aromatic heterocycles. The number of esters is 1. The van der Waals surface area contributed by atoms with Gasteiger partial charge in [0.1, 0.15) is 6.10 Å². The summed E-state index contributed by atoms with van der Waals surface area (Å²) in [6, 6.07) is 13.3. The Morgan fingerprint density at radius 2 is 1.50 bits per heavy atom. The van der Waals surface area contributed by atoms with Crippen LogP contribution in [0, 0.1) is 23.3 Å². The number of carbonyl (C=O) groups is 1. The van der Waals surface area contributed by atoms with E-state index in [2.05, 4.69) is 0 Å². The van der Waals surface area contributed by atoms with Gasteiger partial charge in [0.15, 0.2) is 23.3 Å². The Balaban J connectivity index is 1.41. The fraction of sp³-hybridized carbons (Fsp3) is 0.367. The second-order valence-electron chi connectivity index (χ2n) is 9.41. The topological polar surface area (TPSA) is 26.3 Å². The summed E-state index contributed by atoms with van der Waals surface area (Å²) in [6.07, 6.45) is 3.25. The number of carbonyl (C=O) groups excluding carboxylic acids is 1. The van der Waals surface area contributed by atoms with E-state index >= 15 is 4.39 Å². The van der Waals surface area contributed by atoms with Crippen LogP contribution in [0.3, 0.4) is 0 Å². The third kappa shape index (κ3) is 5.32. The van der Waals surface area contributed by atoms with Gasteiger partial charge in [-0.1, -0.05) is 62.7 Å². The molecule has 6 heteroatoms. The minimum absolute atomic E-state index is 0.214. The molecule has 0 atom stereocenters. The van der Waals surface area contributed by atoms with E-state index in [0.717, 1.165) is 12.0 Å². The number of ether oxygens (including phenoxy) is 1. The highest BCUT2D eigenvalue weighted by molar-refractivity contribution is 5.90. The van der Waals surface area contributed by atoms with Crippen molar-refractivity contribution in [2.24, 2.45) is 0 Å². The summed E-state index contributed by atoms with van der Waals surface area (Å²) in [5, 5.41) is 0. The first kappa shape index (κ1) is 25.9. The summed E-state index contributed by atoms with van der Waals surface area (Å²) in [5.74, 6) is -5.05. The van der Waals surface area contributed by atoms with Crippen molar-refractivity contribution in [3.63, 3.8) is 0 Å². The van der Waals surface area contributed by atoms with Gasteiger partial charge in [-0.3, -0.25) is 0 Å². The molecule has 0 bridgehead atoms. The van der Waals surface area contributed by atoms with Crippen molar-refractivity contribution in [2.75, 3.05) is 0 Å². The quantitative estimate of drug-likeness (QED) is 0.242. The molecule has 3 aromatic rings. The zero-order valence-electron chi connectivity index (χ0n) is 20.6. The molecule has 4 rings (SSSR count). The predicted octanol–water partition coefficient (Wildman–Crippen LogP) is 8.31. The Morgan fingerprint density at radius 3 is 2.14 bits per heavy atom. The van der Waals surface area contributed by atoms with Gasteiger partial charge >= 0.3 is 5.97 Å². The van der Waals surface area contributed by atoms with E-state index < -0.39 is 40.9 Å². The van der Waals surface area contributed by atoms with Crippen LogP contribution < -0.4 is 0 Å². The Hall–Kier alpha value is -3.15. The smallest absolute Gasteiger partial charge is 0.341 e. The first-order valence-electron chi connectivity index (χ1n) is 12.6. The van der Waals surface area contributed by atoms with Crippen LogP contribution in [0.4, 0.5) is 17.6 Å². The summed E-state index contributed by atoms with van der Waals surface area (Å²) < 4.78 is 64.0. The molecular weight excluding hydrogens is 468 g/mol.